The highest BCUT2D eigenvalue weighted by Gasteiger charge is 2.35. The van der Waals surface area contributed by atoms with Gasteiger partial charge in [0.1, 0.15) is 12.4 Å². The number of hydrogen-bond donors (Lipinski definition) is 0. The third kappa shape index (κ3) is 5.32. The first kappa shape index (κ1) is 27.4. The van der Waals surface area contributed by atoms with Crippen LogP contribution < -0.4 is 29.1 Å². The van der Waals surface area contributed by atoms with E-state index in [4.69, 9.17) is 18.9 Å². The predicted octanol–water partition coefficient (Wildman–Crippen LogP) is 4.14. The highest BCUT2D eigenvalue weighted by Crippen LogP contribution is 2.40. The zero-order valence-corrected chi connectivity index (χ0v) is 23.9. The second-order valence-electron chi connectivity index (χ2n) is 8.20. The molecule has 0 amide bonds. The van der Waals surface area contributed by atoms with Crippen molar-refractivity contribution in [3.63, 3.8) is 0 Å². The summed E-state index contributed by atoms with van der Waals surface area (Å²) in [7, 11) is 3.07. The number of carbonyl (C=O) groups excluding carboxylic acids is 1. The summed E-state index contributed by atoms with van der Waals surface area (Å²) in [5, 5.41) is 0. The van der Waals surface area contributed by atoms with E-state index < -0.39 is 12.0 Å². The summed E-state index contributed by atoms with van der Waals surface area (Å²) in [5.41, 5.74) is 1.94. The van der Waals surface area contributed by atoms with E-state index >= 15 is 0 Å². The monoisotopic (exact) mass is 598 g/mol. The van der Waals surface area contributed by atoms with Gasteiger partial charge in [-0.1, -0.05) is 52.1 Å². The van der Waals surface area contributed by atoms with Gasteiger partial charge in [-0.05, 0) is 55.3 Å². The second-order valence-corrected chi connectivity index (χ2v) is 10.1. The molecule has 0 fully saturated rings. The molecule has 8 nitrogen and oxygen atoms in total. The SMILES string of the molecule is C=CCOc1ccc(/C=c2\sc3n(c2=O)[C@H](c2cc(OC)c(OC)cc2Br)C(C(=O)OCC)=C(C)N=3)cc1. The summed E-state index contributed by atoms with van der Waals surface area (Å²) >= 11 is 4.86. The Labute approximate surface area is 232 Å². The Morgan fingerprint density at radius 2 is 1.87 bits per heavy atom. The van der Waals surface area contributed by atoms with Crippen LogP contribution in [0, 0.1) is 0 Å². The smallest absolute Gasteiger partial charge is 0.338 e. The summed E-state index contributed by atoms with van der Waals surface area (Å²) in [6.07, 6.45) is 3.47. The molecule has 0 saturated carbocycles. The van der Waals surface area contributed by atoms with Crippen LogP contribution in [0.2, 0.25) is 0 Å². The van der Waals surface area contributed by atoms with E-state index in [1.165, 1.54) is 23.0 Å². The zero-order chi connectivity index (χ0) is 27.4. The van der Waals surface area contributed by atoms with Gasteiger partial charge in [0.15, 0.2) is 16.3 Å². The Kier molecular flexibility index (Phi) is 8.53. The van der Waals surface area contributed by atoms with Gasteiger partial charge in [0.2, 0.25) is 0 Å². The van der Waals surface area contributed by atoms with Crippen LogP contribution in [0.15, 0.2) is 74.6 Å². The van der Waals surface area contributed by atoms with Crippen LogP contribution in [0.5, 0.6) is 17.2 Å². The molecule has 1 aliphatic rings. The molecule has 0 saturated heterocycles. The van der Waals surface area contributed by atoms with Gasteiger partial charge in [-0.25, -0.2) is 9.79 Å². The molecule has 4 rings (SSSR count). The molecule has 1 aromatic heterocycles. The molecule has 2 heterocycles. The van der Waals surface area contributed by atoms with Gasteiger partial charge in [-0.3, -0.25) is 9.36 Å². The highest BCUT2D eigenvalue weighted by molar-refractivity contribution is 9.10. The molecule has 3 aromatic rings. The number of fused-ring (bicyclic) bond motifs is 1. The highest BCUT2D eigenvalue weighted by atomic mass is 79.9. The van der Waals surface area contributed by atoms with Crippen LogP contribution in [0.3, 0.4) is 0 Å². The molecule has 10 heteroatoms. The molecule has 1 aliphatic heterocycles. The van der Waals surface area contributed by atoms with Gasteiger partial charge in [0.25, 0.3) is 5.56 Å². The molecule has 2 aromatic carbocycles. The van der Waals surface area contributed by atoms with E-state index in [9.17, 15) is 9.59 Å². The van der Waals surface area contributed by atoms with Crippen LogP contribution in [0.1, 0.15) is 31.0 Å². The number of halogens is 1. The average molecular weight is 600 g/mol. The van der Waals surface area contributed by atoms with Crippen molar-refractivity contribution in [3.8, 4) is 17.2 Å². The van der Waals surface area contributed by atoms with Crippen molar-refractivity contribution in [3.05, 3.63) is 95.6 Å². The quantitative estimate of drug-likeness (QED) is 0.272. The van der Waals surface area contributed by atoms with Crippen molar-refractivity contribution in [1.29, 1.82) is 0 Å². The minimum Gasteiger partial charge on any atom is -0.493 e. The lowest BCUT2D eigenvalue weighted by atomic mass is 9.95. The topological polar surface area (TPSA) is 88.3 Å². The summed E-state index contributed by atoms with van der Waals surface area (Å²) in [6.45, 7) is 7.72. The molecule has 198 valence electrons. The number of carbonyl (C=O) groups is 1. The second kappa shape index (κ2) is 11.8. The van der Waals surface area contributed by atoms with Gasteiger partial charge in [-0.15, -0.1) is 0 Å². The molecule has 0 N–H and O–H groups in total. The zero-order valence-electron chi connectivity index (χ0n) is 21.4. The molecular weight excluding hydrogens is 572 g/mol. The van der Waals surface area contributed by atoms with E-state index in [2.05, 4.69) is 27.5 Å². The molecule has 0 unspecified atom stereocenters. The van der Waals surface area contributed by atoms with Crippen LogP contribution in [-0.4, -0.2) is 38.0 Å². The number of aromatic nitrogens is 1. The van der Waals surface area contributed by atoms with Crippen molar-refractivity contribution < 1.29 is 23.7 Å². The molecule has 1 atom stereocenters. The van der Waals surface area contributed by atoms with Crippen molar-refractivity contribution in [1.82, 2.24) is 4.57 Å². The van der Waals surface area contributed by atoms with Gasteiger partial charge >= 0.3 is 5.97 Å². The number of allylic oxidation sites excluding steroid dienone is 1. The Bertz CT molecular complexity index is 1590. The van der Waals surface area contributed by atoms with E-state index in [1.54, 1.807) is 45.2 Å². The number of methoxy groups -OCH3 is 2. The Morgan fingerprint density at radius 1 is 1.18 bits per heavy atom. The maximum atomic E-state index is 13.8. The Hall–Kier alpha value is -3.63. The molecule has 0 bridgehead atoms. The lowest BCUT2D eigenvalue weighted by Crippen LogP contribution is -2.40. The molecule has 0 spiro atoms. The van der Waals surface area contributed by atoms with E-state index in [-0.39, 0.29) is 17.7 Å². The minimum absolute atomic E-state index is 0.187. The fourth-order valence-electron chi connectivity index (χ4n) is 4.13. The van der Waals surface area contributed by atoms with Crippen LogP contribution >= 0.6 is 27.3 Å². The lowest BCUT2D eigenvalue weighted by molar-refractivity contribution is -0.139. The number of ether oxygens (including phenoxy) is 4. The molecular formula is C28H27BrN2O6S. The Balaban J connectivity index is 1.91. The molecule has 0 aliphatic carbocycles. The minimum atomic E-state index is -0.795. The number of nitrogens with zero attached hydrogens (tertiary/aromatic N) is 2. The number of rotatable bonds is 9. The number of esters is 1. The first-order valence-electron chi connectivity index (χ1n) is 11.8. The van der Waals surface area contributed by atoms with E-state index in [1.807, 2.05) is 24.3 Å². The summed E-state index contributed by atoms with van der Waals surface area (Å²) in [5.74, 6) is 1.14. The van der Waals surface area contributed by atoms with Gasteiger partial charge < -0.3 is 18.9 Å². The number of benzene rings is 2. The number of hydrogen-bond acceptors (Lipinski definition) is 8. The van der Waals surface area contributed by atoms with Crippen molar-refractivity contribution in [2.24, 2.45) is 4.99 Å². The average Bonchev–Trinajstić information content (AvgIpc) is 3.21. The predicted molar refractivity (Wildman–Crippen MR) is 150 cm³/mol. The van der Waals surface area contributed by atoms with Crippen LogP contribution in [0.25, 0.3) is 6.08 Å². The van der Waals surface area contributed by atoms with Crippen LogP contribution in [0.4, 0.5) is 0 Å². The van der Waals surface area contributed by atoms with Gasteiger partial charge in [-0.2, -0.15) is 0 Å². The number of thiazole rings is 1. The Morgan fingerprint density at radius 3 is 2.50 bits per heavy atom. The summed E-state index contributed by atoms with van der Waals surface area (Å²) in [6, 6.07) is 10.1. The van der Waals surface area contributed by atoms with E-state index in [0.717, 1.165) is 5.56 Å². The van der Waals surface area contributed by atoms with Gasteiger partial charge in [0.05, 0.1) is 42.7 Å². The van der Waals surface area contributed by atoms with Gasteiger partial charge in [0, 0.05) is 4.47 Å². The fraction of sp³-hybridized carbons (Fsp3) is 0.250. The molecule has 0 radical (unpaired) electrons. The third-order valence-electron chi connectivity index (χ3n) is 5.86. The largest absolute Gasteiger partial charge is 0.493 e. The van der Waals surface area contributed by atoms with Crippen molar-refractivity contribution >= 4 is 39.3 Å². The normalized spacial score (nSPS) is 15.0. The van der Waals surface area contributed by atoms with E-state index in [0.29, 0.717) is 48.9 Å². The van der Waals surface area contributed by atoms with Crippen molar-refractivity contribution in [2.45, 2.75) is 19.9 Å². The third-order valence-corrected chi connectivity index (χ3v) is 7.53. The first-order chi connectivity index (χ1) is 18.3. The van der Waals surface area contributed by atoms with Crippen molar-refractivity contribution in [2.75, 3.05) is 27.4 Å². The lowest BCUT2D eigenvalue weighted by Gasteiger charge is -2.26. The molecule has 38 heavy (non-hydrogen) atoms. The summed E-state index contributed by atoms with van der Waals surface area (Å²) < 4.78 is 24.5. The summed E-state index contributed by atoms with van der Waals surface area (Å²) in [4.78, 5) is 32.1. The standard InChI is InChI=1S/C28H27BrN2O6S/c1-6-12-37-18-10-8-17(9-11-18)13-23-26(32)31-25(19-14-21(34-4)22(35-5)15-20(19)29)24(27(33)36-7-2)16(3)30-28(31)38-23/h6,8-11,13-15,25H,1,7,12H2,2-5H3/b23-13-/t25-/m1/s1. The maximum Gasteiger partial charge on any atom is 0.338 e. The fourth-order valence-corrected chi connectivity index (χ4v) is 5.72. The van der Waals surface area contributed by atoms with Crippen LogP contribution in [-0.2, 0) is 9.53 Å². The first-order valence-corrected chi connectivity index (χ1v) is 13.4. The maximum absolute atomic E-state index is 13.8.